The van der Waals surface area contributed by atoms with Crippen LogP contribution in [0.3, 0.4) is 0 Å². The fourth-order valence-electron chi connectivity index (χ4n) is 2.25. The fraction of sp³-hybridized carbons (Fsp3) is 0.611. The zero-order chi connectivity index (χ0) is 15.5. The molecule has 1 aromatic rings. The molecule has 0 aromatic heterocycles. The van der Waals surface area contributed by atoms with Crippen molar-refractivity contribution in [3.63, 3.8) is 0 Å². The summed E-state index contributed by atoms with van der Waals surface area (Å²) in [6, 6.07) is 5.34. The van der Waals surface area contributed by atoms with E-state index in [9.17, 15) is 4.79 Å². The summed E-state index contributed by atoms with van der Waals surface area (Å²) in [5.74, 6) is 1.38. The molecule has 3 heteroatoms. The lowest BCUT2D eigenvalue weighted by Gasteiger charge is -2.11. The van der Waals surface area contributed by atoms with Gasteiger partial charge in [0, 0.05) is 5.56 Å². The lowest BCUT2D eigenvalue weighted by atomic mass is 10.1. The predicted octanol–water partition coefficient (Wildman–Crippen LogP) is 5.03. The van der Waals surface area contributed by atoms with Gasteiger partial charge in [-0.25, -0.2) is 0 Å². The number of rotatable bonds is 11. The highest BCUT2D eigenvalue weighted by molar-refractivity contribution is 5.94. The minimum absolute atomic E-state index is 0.0342. The molecule has 0 N–H and O–H groups in total. The maximum atomic E-state index is 11.3. The van der Waals surface area contributed by atoms with Crippen LogP contribution in [0.1, 0.15) is 69.2 Å². The van der Waals surface area contributed by atoms with Crippen molar-refractivity contribution in [2.75, 3.05) is 13.7 Å². The fourth-order valence-corrected chi connectivity index (χ4v) is 2.25. The van der Waals surface area contributed by atoms with Crippen LogP contribution in [0, 0.1) is 0 Å². The summed E-state index contributed by atoms with van der Waals surface area (Å²) in [6.45, 7) is 4.48. The average Bonchev–Trinajstić information content (AvgIpc) is 2.49. The maximum absolute atomic E-state index is 11.3. The van der Waals surface area contributed by atoms with Crippen LogP contribution in [0.2, 0.25) is 0 Å². The first-order valence-electron chi connectivity index (χ1n) is 8.00. The molecule has 0 heterocycles. The smallest absolute Gasteiger partial charge is 0.161 e. The van der Waals surface area contributed by atoms with Gasteiger partial charge in [0.15, 0.2) is 17.3 Å². The van der Waals surface area contributed by atoms with Gasteiger partial charge in [0.25, 0.3) is 0 Å². The van der Waals surface area contributed by atoms with Gasteiger partial charge in [-0.3, -0.25) is 4.79 Å². The number of Topliss-reactive ketones (excluding diaryl/α,β-unsaturated/α-hetero) is 1. The Kier molecular flexibility index (Phi) is 8.56. The Hall–Kier alpha value is -1.51. The van der Waals surface area contributed by atoms with E-state index in [1.54, 1.807) is 26.2 Å². The van der Waals surface area contributed by atoms with E-state index in [1.807, 2.05) is 6.07 Å². The summed E-state index contributed by atoms with van der Waals surface area (Å²) < 4.78 is 11.0. The molecule has 21 heavy (non-hydrogen) atoms. The van der Waals surface area contributed by atoms with Crippen LogP contribution in [0.15, 0.2) is 18.2 Å². The summed E-state index contributed by atoms with van der Waals surface area (Å²) in [6.07, 6.45) is 8.85. The molecular formula is C18H28O3. The van der Waals surface area contributed by atoms with E-state index in [0.717, 1.165) is 6.42 Å². The van der Waals surface area contributed by atoms with Gasteiger partial charge in [0.1, 0.15) is 0 Å². The Morgan fingerprint density at radius 1 is 1.00 bits per heavy atom. The first-order valence-corrected chi connectivity index (χ1v) is 8.00. The second kappa shape index (κ2) is 10.3. The van der Waals surface area contributed by atoms with Gasteiger partial charge in [-0.15, -0.1) is 0 Å². The molecule has 0 saturated carbocycles. The second-order valence-electron chi connectivity index (χ2n) is 5.39. The molecule has 1 aromatic carbocycles. The van der Waals surface area contributed by atoms with Crippen molar-refractivity contribution in [3.8, 4) is 11.5 Å². The van der Waals surface area contributed by atoms with E-state index in [-0.39, 0.29) is 5.78 Å². The number of hydrogen-bond donors (Lipinski definition) is 0. The molecule has 0 unspecified atom stereocenters. The van der Waals surface area contributed by atoms with E-state index < -0.39 is 0 Å². The number of carbonyl (C=O) groups is 1. The minimum atomic E-state index is 0.0342. The quantitative estimate of drug-likeness (QED) is 0.424. The summed E-state index contributed by atoms with van der Waals surface area (Å²) in [4.78, 5) is 11.3. The molecule has 0 aliphatic rings. The van der Waals surface area contributed by atoms with E-state index in [0.29, 0.717) is 23.7 Å². The van der Waals surface area contributed by atoms with Crippen molar-refractivity contribution in [1.82, 2.24) is 0 Å². The van der Waals surface area contributed by atoms with Crippen molar-refractivity contribution in [3.05, 3.63) is 23.8 Å². The van der Waals surface area contributed by atoms with Crippen molar-refractivity contribution >= 4 is 5.78 Å². The lowest BCUT2D eigenvalue weighted by molar-refractivity contribution is 0.101. The largest absolute Gasteiger partial charge is 0.493 e. The Bertz CT molecular complexity index is 426. The Morgan fingerprint density at radius 3 is 2.29 bits per heavy atom. The molecule has 0 fully saturated rings. The second-order valence-corrected chi connectivity index (χ2v) is 5.39. The Morgan fingerprint density at radius 2 is 1.67 bits per heavy atom. The van der Waals surface area contributed by atoms with Gasteiger partial charge in [-0.05, 0) is 31.5 Å². The van der Waals surface area contributed by atoms with Crippen molar-refractivity contribution in [1.29, 1.82) is 0 Å². The van der Waals surface area contributed by atoms with Crippen LogP contribution in [0.5, 0.6) is 11.5 Å². The third kappa shape index (κ3) is 6.65. The van der Waals surface area contributed by atoms with Gasteiger partial charge >= 0.3 is 0 Å². The molecule has 0 amide bonds. The topological polar surface area (TPSA) is 35.5 Å². The summed E-state index contributed by atoms with van der Waals surface area (Å²) in [5, 5.41) is 0. The highest BCUT2D eigenvalue weighted by Gasteiger charge is 2.08. The molecular weight excluding hydrogens is 264 g/mol. The highest BCUT2D eigenvalue weighted by atomic mass is 16.5. The number of ketones is 1. The molecule has 0 atom stereocenters. The van der Waals surface area contributed by atoms with Gasteiger partial charge < -0.3 is 9.47 Å². The monoisotopic (exact) mass is 292 g/mol. The first kappa shape index (κ1) is 17.5. The van der Waals surface area contributed by atoms with Crippen LogP contribution in [0.25, 0.3) is 0 Å². The maximum Gasteiger partial charge on any atom is 0.161 e. The number of methoxy groups -OCH3 is 1. The van der Waals surface area contributed by atoms with Crippen molar-refractivity contribution < 1.29 is 14.3 Å². The highest BCUT2D eigenvalue weighted by Crippen LogP contribution is 2.28. The lowest BCUT2D eigenvalue weighted by Crippen LogP contribution is -2.01. The van der Waals surface area contributed by atoms with Gasteiger partial charge in [-0.2, -0.15) is 0 Å². The van der Waals surface area contributed by atoms with Crippen LogP contribution >= 0.6 is 0 Å². The minimum Gasteiger partial charge on any atom is -0.493 e. The number of carbonyl (C=O) groups excluding carboxylic acids is 1. The molecule has 118 valence electrons. The predicted molar refractivity (Wildman–Crippen MR) is 86.5 cm³/mol. The molecule has 1 rings (SSSR count). The van der Waals surface area contributed by atoms with E-state index in [1.165, 1.54) is 38.5 Å². The van der Waals surface area contributed by atoms with Crippen LogP contribution in [-0.2, 0) is 0 Å². The molecule has 0 radical (unpaired) electrons. The van der Waals surface area contributed by atoms with E-state index in [2.05, 4.69) is 6.92 Å². The van der Waals surface area contributed by atoms with Gasteiger partial charge in [0.05, 0.1) is 13.7 Å². The molecule has 0 aliphatic heterocycles. The van der Waals surface area contributed by atoms with Crippen LogP contribution in [0.4, 0.5) is 0 Å². The molecule has 0 spiro atoms. The zero-order valence-corrected chi connectivity index (χ0v) is 13.6. The molecule has 3 nitrogen and oxygen atoms in total. The number of hydrogen-bond acceptors (Lipinski definition) is 3. The summed E-state index contributed by atoms with van der Waals surface area (Å²) >= 11 is 0. The summed E-state index contributed by atoms with van der Waals surface area (Å²) in [5.41, 5.74) is 0.648. The average molecular weight is 292 g/mol. The number of benzene rings is 1. The number of unbranched alkanes of at least 4 members (excludes halogenated alkanes) is 6. The van der Waals surface area contributed by atoms with Crippen LogP contribution in [-0.4, -0.2) is 19.5 Å². The first-order chi connectivity index (χ1) is 10.2. The molecule has 0 bridgehead atoms. The van der Waals surface area contributed by atoms with Crippen LogP contribution < -0.4 is 9.47 Å². The Labute approximate surface area is 128 Å². The SMILES string of the molecule is CCCCCCCCCOc1ccc(C(C)=O)cc1OC. The third-order valence-electron chi connectivity index (χ3n) is 3.58. The van der Waals surface area contributed by atoms with E-state index in [4.69, 9.17) is 9.47 Å². The van der Waals surface area contributed by atoms with Crippen molar-refractivity contribution in [2.45, 2.75) is 58.8 Å². The van der Waals surface area contributed by atoms with Gasteiger partial charge in [0.2, 0.25) is 0 Å². The van der Waals surface area contributed by atoms with E-state index >= 15 is 0 Å². The molecule has 0 aliphatic carbocycles. The standard InChI is InChI=1S/C18H28O3/c1-4-5-6-7-8-9-10-13-21-17-12-11-16(15(2)19)14-18(17)20-3/h11-12,14H,4-10,13H2,1-3H3. The zero-order valence-electron chi connectivity index (χ0n) is 13.6. The third-order valence-corrected chi connectivity index (χ3v) is 3.58. The number of ether oxygens (including phenoxy) is 2. The molecule has 0 saturated heterocycles. The Balaban J connectivity index is 2.30. The normalized spacial score (nSPS) is 10.4. The van der Waals surface area contributed by atoms with Gasteiger partial charge in [-0.1, -0.05) is 45.4 Å². The summed E-state index contributed by atoms with van der Waals surface area (Å²) in [7, 11) is 1.60. The van der Waals surface area contributed by atoms with Crippen molar-refractivity contribution in [2.24, 2.45) is 0 Å².